The van der Waals surface area contributed by atoms with Crippen LogP contribution in [0.3, 0.4) is 0 Å². The Balaban J connectivity index is 1.72. The van der Waals surface area contributed by atoms with Crippen molar-refractivity contribution in [3.8, 4) is 0 Å². The van der Waals surface area contributed by atoms with E-state index in [1.54, 1.807) is 35.2 Å². The Bertz CT molecular complexity index is 1180. The summed E-state index contributed by atoms with van der Waals surface area (Å²) in [7, 11) is 0. The Morgan fingerprint density at radius 1 is 1.07 bits per heavy atom. The summed E-state index contributed by atoms with van der Waals surface area (Å²) in [4.78, 5) is 28.4. The van der Waals surface area contributed by atoms with Crippen molar-refractivity contribution < 1.29 is 13.9 Å². The second-order valence-corrected chi connectivity index (χ2v) is 8.24. The monoisotopic (exact) mass is 429 g/mol. The van der Waals surface area contributed by atoms with Gasteiger partial charge in [-0.05, 0) is 48.7 Å². The van der Waals surface area contributed by atoms with Gasteiger partial charge in [-0.25, -0.2) is 0 Å². The topological polar surface area (TPSA) is 59.8 Å². The van der Waals surface area contributed by atoms with E-state index in [0.717, 1.165) is 18.4 Å². The Hall–Kier alpha value is -2.34. The van der Waals surface area contributed by atoms with Crippen LogP contribution in [-0.4, -0.2) is 30.1 Å². The maximum Gasteiger partial charge on any atom is 0.291 e. The van der Waals surface area contributed by atoms with Crippen molar-refractivity contribution in [1.29, 1.82) is 0 Å². The van der Waals surface area contributed by atoms with Crippen LogP contribution < -0.4 is 5.43 Å². The number of hydrogen-bond donors (Lipinski definition) is 0. The van der Waals surface area contributed by atoms with Gasteiger partial charge in [0.15, 0.2) is 5.43 Å². The molecule has 1 saturated heterocycles. The van der Waals surface area contributed by atoms with E-state index in [0.29, 0.717) is 39.7 Å². The molecule has 0 N–H and O–H groups in total. The fraction of sp³-hybridized carbons (Fsp3) is 0.273. The van der Waals surface area contributed by atoms with Crippen LogP contribution in [-0.2, 0) is 4.74 Å². The van der Waals surface area contributed by atoms with Crippen molar-refractivity contribution in [3.63, 3.8) is 0 Å². The number of benzene rings is 2. The van der Waals surface area contributed by atoms with Crippen molar-refractivity contribution in [2.24, 2.45) is 0 Å². The molecule has 5 rings (SSSR count). The lowest BCUT2D eigenvalue weighted by atomic mass is 9.98. The quantitative estimate of drug-likeness (QED) is 0.598. The summed E-state index contributed by atoms with van der Waals surface area (Å²) >= 11 is 12.3. The lowest BCUT2D eigenvalue weighted by Crippen LogP contribution is -2.36. The van der Waals surface area contributed by atoms with Crippen LogP contribution in [0.4, 0.5) is 0 Å². The molecule has 1 aromatic heterocycles. The van der Waals surface area contributed by atoms with Crippen molar-refractivity contribution >= 4 is 40.1 Å². The third-order valence-corrected chi connectivity index (χ3v) is 5.99. The summed E-state index contributed by atoms with van der Waals surface area (Å²) in [6.45, 7) is 1.07. The van der Waals surface area contributed by atoms with Crippen molar-refractivity contribution in [3.05, 3.63) is 79.6 Å². The second-order valence-electron chi connectivity index (χ2n) is 7.36. The van der Waals surface area contributed by atoms with E-state index in [-0.39, 0.29) is 23.2 Å². The highest BCUT2D eigenvalue weighted by atomic mass is 35.5. The molecule has 0 aliphatic carbocycles. The molecular formula is C22H17Cl2NO4. The largest absolute Gasteiger partial charge is 0.450 e. The molecule has 29 heavy (non-hydrogen) atoms. The zero-order valence-electron chi connectivity index (χ0n) is 15.4. The van der Waals surface area contributed by atoms with Crippen LogP contribution in [0.15, 0.2) is 51.7 Å². The Morgan fingerprint density at radius 2 is 1.90 bits per heavy atom. The number of rotatable bonds is 3. The average molecular weight is 430 g/mol. The SMILES string of the molecule is O=C1c2oc3ccc(Cl)cc3c(=O)c2C(c2cccc(Cl)c2)N1CC1CCCO1. The molecule has 0 bridgehead atoms. The summed E-state index contributed by atoms with van der Waals surface area (Å²) in [6.07, 6.45) is 1.77. The maximum atomic E-state index is 13.4. The standard InChI is InChI=1S/C22H17Cl2NO4/c23-13-4-1-3-12(9-13)19-18-20(26)16-10-14(24)6-7-17(16)29-21(18)22(27)25(19)11-15-5-2-8-28-15/h1,3-4,6-7,9-10,15,19H,2,5,8,11H2. The molecular weight excluding hydrogens is 413 g/mol. The molecule has 2 aromatic carbocycles. The average Bonchev–Trinajstić information content (AvgIpc) is 3.31. The van der Waals surface area contributed by atoms with Gasteiger partial charge in [-0.15, -0.1) is 0 Å². The van der Waals surface area contributed by atoms with Crippen molar-refractivity contribution in [2.75, 3.05) is 13.2 Å². The van der Waals surface area contributed by atoms with Gasteiger partial charge in [-0.1, -0.05) is 35.3 Å². The first-order chi connectivity index (χ1) is 14.0. The van der Waals surface area contributed by atoms with Gasteiger partial charge < -0.3 is 14.1 Å². The second kappa shape index (κ2) is 7.17. The van der Waals surface area contributed by atoms with Gasteiger partial charge in [0.05, 0.1) is 23.1 Å². The normalized spacial score (nSPS) is 21.2. The number of carbonyl (C=O) groups is 1. The number of amides is 1. The molecule has 0 radical (unpaired) electrons. The van der Waals surface area contributed by atoms with E-state index in [2.05, 4.69) is 0 Å². The van der Waals surface area contributed by atoms with Crippen LogP contribution in [0, 0.1) is 0 Å². The van der Waals surface area contributed by atoms with E-state index < -0.39 is 6.04 Å². The Labute approximate surface area is 176 Å². The lowest BCUT2D eigenvalue weighted by Gasteiger charge is -2.27. The summed E-state index contributed by atoms with van der Waals surface area (Å²) < 4.78 is 11.7. The number of carbonyl (C=O) groups excluding carboxylic acids is 1. The summed E-state index contributed by atoms with van der Waals surface area (Å²) in [6, 6.07) is 11.5. The van der Waals surface area contributed by atoms with E-state index in [1.165, 1.54) is 0 Å². The highest BCUT2D eigenvalue weighted by Gasteiger charge is 2.43. The number of nitrogens with zero attached hydrogens (tertiary/aromatic N) is 1. The van der Waals surface area contributed by atoms with Gasteiger partial charge in [0.1, 0.15) is 5.58 Å². The predicted octanol–water partition coefficient (Wildman–Crippen LogP) is 4.82. The molecule has 148 valence electrons. The van der Waals surface area contributed by atoms with Gasteiger partial charge in [-0.3, -0.25) is 9.59 Å². The van der Waals surface area contributed by atoms with Gasteiger partial charge in [0.25, 0.3) is 5.91 Å². The zero-order chi connectivity index (χ0) is 20.1. The fourth-order valence-corrected chi connectivity index (χ4v) is 4.58. The molecule has 2 atom stereocenters. The number of fused-ring (bicyclic) bond motifs is 2. The molecule has 2 aliphatic rings. The minimum Gasteiger partial charge on any atom is -0.450 e. The van der Waals surface area contributed by atoms with Crippen LogP contribution in [0.5, 0.6) is 0 Å². The van der Waals surface area contributed by atoms with E-state index in [4.69, 9.17) is 32.4 Å². The minimum absolute atomic E-state index is 0.0612. The molecule has 0 saturated carbocycles. The Morgan fingerprint density at radius 3 is 2.66 bits per heavy atom. The van der Waals surface area contributed by atoms with E-state index in [1.807, 2.05) is 12.1 Å². The van der Waals surface area contributed by atoms with Crippen molar-refractivity contribution in [2.45, 2.75) is 25.0 Å². The summed E-state index contributed by atoms with van der Waals surface area (Å²) in [5.74, 6) is -0.234. The molecule has 2 unspecified atom stereocenters. The lowest BCUT2D eigenvalue weighted by molar-refractivity contribution is 0.0486. The number of hydrogen-bond acceptors (Lipinski definition) is 4. The van der Waals surface area contributed by atoms with Crippen LogP contribution >= 0.6 is 23.2 Å². The summed E-state index contributed by atoms with van der Waals surface area (Å²) in [5.41, 5.74) is 1.17. The highest BCUT2D eigenvalue weighted by molar-refractivity contribution is 6.31. The van der Waals surface area contributed by atoms with Crippen molar-refractivity contribution in [1.82, 2.24) is 4.90 Å². The van der Waals surface area contributed by atoms with Gasteiger partial charge in [0, 0.05) is 23.2 Å². The highest BCUT2D eigenvalue weighted by Crippen LogP contribution is 2.39. The predicted molar refractivity (Wildman–Crippen MR) is 111 cm³/mol. The first kappa shape index (κ1) is 18.7. The molecule has 2 aliphatic heterocycles. The Kier molecular flexibility index (Phi) is 4.62. The first-order valence-corrected chi connectivity index (χ1v) is 10.2. The number of halogens is 2. The third-order valence-electron chi connectivity index (χ3n) is 5.52. The molecule has 3 heterocycles. The molecule has 1 fully saturated rings. The van der Waals surface area contributed by atoms with Crippen LogP contribution in [0.1, 0.15) is 40.6 Å². The molecule has 3 aromatic rings. The minimum atomic E-state index is -0.583. The van der Waals surface area contributed by atoms with Crippen LogP contribution in [0.2, 0.25) is 10.0 Å². The maximum absolute atomic E-state index is 13.4. The van der Waals surface area contributed by atoms with Gasteiger partial charge in [0.2, 0.25) is 5.76 Å². The van der Waals surface area contributed by atoms with E-state index in [9.17, 15) is 9.59 Å². The van der Waals surface area contributed by atoms with Crippen LogP contribution in [0.25, 0.3) is 11.0 Å². The first-order valence-electron chi connectivity index (χ1n) is 9.47. The summed E-state index contributed by atoms with van der Waals surface area (Å²) in [5, 5.41) is 1.33. The fourth-order valence-electron chi connectivity index (χ4n) is 4.21. The molecule has 0 spiro atoms. The molecule has 5 nitrogen and oxygen atoms in total. The smallest absolute Gasteiger partial charge is 0.291 e. The van der Waals surface area contributed by atoms with Gasteiger partial charge >= 0.3 is 0 Å². The third kappa shape index (κ3) is 3.14. The molecule has 1 amide bonds. The van der Waals surface area contributed by atoms with Gasteiger partial charge in [-0.2, -0.15) is 0 Å². The van der Waals surface area contributed by atoms with E-state index >= 15 is 0 Å². The number of ether oxygens (including phenoxy) is 1. The molecule has 7 heteroatoms. The zero-order valence-corrected chi connectivity index (χ0v) is 16.9.